The Morgan fingerprint density at radius 2 is 2.50 bits per heavy atom. The third-order valence-corrected chi connectivity index (χ3v) is 2.14. The molecule has 1 aliphatic rings. The van der Waals surface area contributed by atoms with E-state index in [1.54, 1.807) is 0 Å². The summed E-state index contributed by atoms with van der Waals surface area (Å²) in [7, 11) is 0. The maximum Gasteiger partial charge on any atom is 0.145 e. The van der Waals surface area contributed by atoms with Crippen molar-refractivity contribution in [2.24, 2.45) is 0 Å². The van der Waals surface area contributed by atoms with Gasteiger partial charge in [0.05, 0.1) is 11.8 Å². The van der Waals surface area contributed by atoms with Crippen LogP contribution in [-0.2, 0) is 4.74 Å². The molecule has 4 heteroatoms. The van der Waals surface area contributed by atoms with Gasteiger partial charge in [0.2, 0.25) is 0 Å². The number of nitrogens with one attached hydrogen (secondary N) is 1. The van der Waals surface area contributed by atoms with Crippen LogP contribution in [0.4, 0.5) is 5.82 Å². The lowest BCUT2D eigenvalue weighted by Crippen LogP contribution is -2.11. The summed E-state index contributed by atoms with van der Waals surface area (Å²) in [5, 5.41) is 6.74. The Morgan fingerprint density at radius 3 is 3.08 bits per heavy atom. The van der Waals surface area contributed by atoms with Gasteiger partial charge in [-0.15, -0.1) is 0 Å². The molecule has 2 rings (SSSR count). The van der Waals surface area contributed by atoms with Crippen molar-refractivity contribution in [3.63, 3.8) is 0 Å². The molecule has 3 N–H and O–H groups in total. The number of hydrogen-bond acceptors (Lipinski definition) is 3. The van der Waals surface area contributed by atoms with Crippen LogP contribution in [0.3, 0.4) is 0 Å². The van der Waals surface area contributed by atoms with Gasteiger partial charge in [0, 0.05) is 12.7 Å². The Morgan fingerprint density at radius 1 is 1.58 bits per heavy atom. The molecule has 0 radical (unpaired) electrons. The molecule has 4 nitrogen and oxygen atoms in total. The molecule has 0 amide bonds. The van der Waals surface area contributed by atoms with Crippen LogP contribution in [0.5, 0.6) is 0 Å². The Bertz CT molecular complexity index is 253. The van der Waals surface area contributed by atoms with Crippen LogP contribution in [0.1, 0.15) is 31.1 Å². The van der Waals surface area contributed by atoms with Gasteiger partial charge in [0.15, 0.2) is 0 Å². The lowest BCUT2D eigenvalue weighted by molar-refractivity contribution is 0.0123. The molecule has 1 saturated heterocycles. The molecule has 1 fully saturated rings. The van der Waals surface area contributed by atoms with Crippen molar-refractivity contribution in [2.75, 3.05) is 12.3 Å². The topological polar surface area (TPSA) is 63.9 Å². The van der Waals surface area contributed by atoms with Gasteiger partial charge in [0.25, 0.3) is 0 Å². The molecule has 66 valence electrons. The molecule has 0 aliphatic carbocycles. The van der Waals surface area contributed by atoms with E-state index < -0.39 is 0 Å². The summed E-state index contributed by atoms with van der Waals surface area (Å²) in [6.07, 6.45) is 3.65. The monoisotopic (exact) mass is 167 g/mol. The van der Waals surface area contributed by atoms with Crippen LogP contribution >= 0.6 is 0 Å². The van der Waals surface area contributed by atoms with E-state index in [2.05, 4.69) is 10.2 Å². The van der Waals surface area contributed by atoms with E-state index in [0.29, 0.717) is 5.82 Å². The van der Waals surface area contributed by atoms with Crippen molar-refractivity contribution in [3.05, 3.63) is 11.8 Å². The van der Waals surface area contributed by atoms with Crippen molar-refractivity contribution in [3.8, 4) is 0 Å². The number of rotatable bonds is 1. The standard InChI is InChI=1S/C8H13N3O/c9-8-5-6(10-11-8)7-3-1-2-4-12-7/h5,7H,1-4H2,(H3,9,10,11). The molecule has 1 aromatic rings. The number of ether oxygens (including phenoxy) is 1. The number of hydrogen-bond donors (Lipinski definition) is 2. The SMILES string of the molecule is Nc1cc(C2CCCCO2)[nH]n1. The van der Waals surface area contributed by atoms with E-state index in [1.165, 1.54) is 12.8 Å². The van der Waals surface area contributed by atoms with E-state index >= 15 is 0 Å². The molecule has 0 saturated carbocycles. The van der Waals surface area contributed by atoms with Crippen LogP contribution in [0.2, 0.25) is 0 Å². The van der Waals surface area contributed by atoms with Gasteiger partial charge in [-0.3, -0.25) is 5.10 Å². The summed E-state index contributed by atoms with van der Waals surface area (Å²) >= 11 is 0. The molecular formula is C8H13N3O. The Labute approximate surface area is 71.1 Å². The first-order valence-corrected chi connectivity index (χ1v) is 4.28. The molecule has 12 heavy (non-hydrogen) atoms. The quantitative estimate of drug-likeness (QED) is 0.661. The largest absolute Gasteiger partial charge is 0.382 e. The molecular weight excluding hydrogens is 154 g/mol. The summed E-state index contributed by atoms with van der Waals surface area (Å²) in [5.41, 5.74) is 6.49. The predicted molar refractivity (Wildman–Crippen MR) is 45.5 cm³/mol. The number of nitrogens with two attached hydrogens (primary N) is 1. The maximum absolute atomic E-state index is 5.55. The van der Waals surface area contributed by atoms with Gasteiger partial charge in [-0.25, -0.2) is 0 Å². The highest BCUT2D eigenvalue weighted by Crippen LogP contribution is 2.26. The minimum Gasteiger partial charge on any atom is -0.382 e. The fourth-order valence-corrected chi connectivity index (χ4v) is 1.50. The van der Waals surface area contributed by atoms with Crippen molar-refractivity contribution < 1.29 is 4.74 Å². The second kappa shape index (κ2) is 3.15. The Balaban J connectivity index is 2.08. The van der Waals surface area contributed by atoms with Gasteiger partial charge in [-0.2, -0.15) is 5.10 Å². The lowest BCUT2D eigenvalue weighted by atomic mass is 10.1. The average molecular weight is 167 g/mol. The third-order valence-electron chi connectivity index (χ3n) is 2.14. The van der Waals surface area contributed by atoms with Crippen LogP contribution in [-0.4, -0.2) is 16.8 Å². The van der Waals surface area contributed by atoms with Crippen molar-refractivity contribution in [1.29, 1.82) is 0 Å². The predicted octanol–water partition coefficient (Wildman–Crippen LogP) is 1.23. The molecule has 0 aromatic carbocycles. The highest BCUT2D eigenvalue weighted by molar-refractivity contribution is 5.29. The number of aromatic nitrogens is 2. The second-order valence-corrected chi connectivity index (χ2v) is 3.10. The lowest BCUT2D eigenvalue weighted by Gasteiger charge is -2.20. The van der Waals surface area contributed by atoms with Gasteiger partial charge >= 0.3 is 0 Å². The van der Waals surface area contributed by atoms with Gasteiger partial charge < -0.3 is 10.5 Å². The number of H-pyrrole nitrogens is 1. The summed E-state index contributed by atoms with van der Waals surface area (Å²) in [6.45, 7) is 0.851. The van der Waals surface area contributed by atoms with E-state index in [9.17, 15) is 0 Å². The first kappa shape index (κ1) is 7.61. The van der Waals surface area contributed by atoms with Gasteiger partial charge in [-0.05, 0) is 19.3 Å². The third kappa shape index (κ3) is 1.43. The summed E-state index contributed by atoms with van der Waals surface area (Å²) in [6, 6.07) is 1.84. The smallest absolute Gasteiger partial charge is 0.145 e. The summed E-state index contributed by atoms with van der Waals surface area (Å²) < 4.78 is 5.55. The van der Waals surface area contributed by atoms with Crippen molar-refractivity contribution in [1.82, 2.24) is 10.2 Å². The van der Waals surface area contributed by atoms with Crippen LogP contribution < -0.4 is 5.73 Å². The summed E-state index contributed by atoms with van der Waals surface area (Å²) in [4.78, 5) is 0. The highest BCUT2D eigenvalue weighted by Gasteiger charge is 2.17. The zero-order valence-corrected chi connectivity index (χ0v) is 6.92. The Kier molecular flexibility index (Phi) is 1.99. The molecule has 1 aromatic heterocycles. The number of nitrogens with zero attached hydrogens (tertiary/aromatic N) is 1. The molecule has 0 bridgehead atoms. The van der Waals surface area contributed by atoms with Crippen LogP contribution in [0, 0.1) is 0 Å². The molecule has 1 aliphatic heterocycles. The van der Waals surface area contributed by atoms with Gasteiger partial charge in [0.1, 0.15) is 5.82 Å². The average Bonchev–Trinajstić information content (AvgIpc) is 2.54. The zero-order valence-electron chi connectivity index (χ0n) is 6.92. The molecule has 1 unspecified atom stereocenters. The fraction of sp³-hybridized carbons (Fsp3) is 0.625. The maximum atomic E-state index is 5.55. The number of nitrogen functional groups attached to an aromatic ring is 1. The van der Waals surface area contributed by atoms with E-state index in [0.717, 1.165) is 18.7 Å². The molecule has 2 heterocycles. The Hall–Kier alpha value is -1.03. The first-order valence-electron chi connectivity index (χ1n) is 4.28. The highest BCUT2D eigenvalue weighted by atomic mass is 16.5. The van der Waals surface area contributed by atoms with E-state index in [1.807, 2.05) is 6.07 Å². The summed E-state index contributed by atoms with van der Waals surface area (Å²) in [5.74, 6) is 0.541. The minimum absolute atomic E-state index is 0.184. The number of aromatic amines is 1. The van der Waals surface area contributed by atoms with E-state index in [-0.39, 0.29) is 6.10 Å². The van der Waals surface area contributed by atoms with Crippen molar-refractivity contribution in [2.45, 2.75) is 25.4 Å². The molecule has 0 spiro atoms. The normalized spacial score (nSPS) is 24.2. The molecule has 1 atom stereocenters. The zero-order chi connectivity index (χ0) is 8.39. The number of anilines is 1. The van der Waals surface area contributed by atoms with Crippen molar-refractivity contribution >= 4 is 5.82 Å². The fourth-order valence-electron chi connectivity index (χ4n) is 1.50. The second-order valence-electron chi connectivity index (χ2n) is 3.10. The van der Waals surface area contributed by atoms with Gasteiger partial charge in [-0.1, -0.05) is 0 Å². The first-order chi connectivity index (χ1) is 5.86. The van der Waals surface area contributed by atoms with Crippen LogP contribution in [0.25, 0.3) is 0 Å². The van der Waals surface area contributed by atoms with E-state index in [4.69, 9.17) is 10.5 Å². The minimum atomic E-state index is 0.184. The van der Waals surface area contributed by atoms with Crippen LogP contribution in [0.15, 0.2) is 6.07 Å².